The highest BCUT2D eigenvalue weighted by molar-refractivity contribution is 8.00. The van der Waals surface area contributed by atoms with Gasteiger partial charge >= 0.3 is 23.9 Å². The number of amides is 3. The zero-order valence-electron chi connectivity index (χ0n) is 48.9. The maximum absolute atomic E-state index is 15.4. The van der Waals surface area contributed by atoms with Crippen LogP contribution in [-0.2, 0) is 66.9 Å². The summed E-state index contributed by atoms with van der Waals surface area (Å²) in [6.45, 7) is 21.3. The van der Waals surface area contributed by atoms with Crippen molar-refractivity contribution in [3.8, 4) is 0 Å². The highest BCUT2D eigenvalue weighted by Crippen LogP contribution is 2.49. The first-order valence-corrected chi connectivity index (χ1v) is 28.3. The molecule has 3 aromatic rings. The molecule has 0 fully saturated rings. The molecule has 0 spiro atoms. The Morgan fingerprint density at radius 3 is 1.21 bits per heavy atom. The molecule has 0 heterocycles. The Morgan fingerprint density at radius 2 is 0.850 bits per heavy atom. The molecule has 4 N–H and O–H groups in total. The summed E-state index contributed by atoms with van der Waals surface area (Å²) in [5.74, 6) is -11.6. The van der Waals surface area contributed by atoms with Crippen LogP contribution < -0.4 is 16.0 Å². The highest BCUT2D eigenvalue weighted by atomic mass is 32.2. The predicted octanol–water partition coefficient (Wildman–Crippen LogP) is 9.04. The van der Waals surface area contributed by atoms with Gasteiger partial charge in [0.2, 0.25) is 17.7 Å². The zero-order valence-corrected chi connectivity index (χ0v) is 49.8. The van der Waals surface area contributed by atoms with Gasteiger partial charge in [-0.25, -0.2) is 4.79 Å². The van der Waals surface area contributed by atoms with Gasteiger partial charge in [-0.05, 0) is 111 Å². The Hall–Kier alpha value is -6.69. The minimum absolute atomic E-state index is 0.0623. The topological polar surface area (TPSA) is 255 Å². The third kappa shape index (κ3) is 23.6. The van der Waals surface area contributed by atoms with Gasteiger partial charge in [0, 0.05) is 55.6 Å². The van der Waals surface area contributed by atoms with Crippen molar-refractivity contribution in [1.82, 2.24) is 16.0 Å². The number of aliphatic carboxylic acids is 1. The highest BCUT2D eigenvalue weighted by Gasteiger charge is 2.41. The summed E-state index contributed by atoms with van der Waals surface area (Å²) in [7, 11) is 0. The molecule has 0 saturated carbocycles. The normalized spacial score (nSPS) is 14.2. The van der Waals surface area contributed by atoms with Gasteiger partial charge in [0.25, 0.3) is 0 Å². The Balaban J connectivity index is 2.29. The average Bonchev–Trinajstić information content (AvgIpc) is 3.34. The number of nitrogens with one attached hydrogen (secondary N) is 3. The van der Waals surface area contributed by atoms with Crippen LogP contribution in [-0.4, -0.2) is 105 Å². The van der Waals surface area contributed by atoms with E-state index in [9.17, 15) is 43.5 Å². The first-order chi connectivity index (χ1) is 37.2. The van der Waals surface area contributed by atoms with E-state index < -0.39 is 130 Å². The fourth-order valence-corrected chi connectivity index (χ4v) is 10.5. The van der Waals surface area contributed by atoms with Gasteiger partial charge < -0.3 is 40.1 Å². The number of ketones is 3. The summed E-state index contributed by atoms with van der Waals surface area (Å²) in [5, 5.41) is 18.2. The molecule has 3 amide bonds. The first-order valence-electron chi connectivity index (χ1n) is 27.3. The summed E-state index contributed by atoms with van der Waals surface area (Å²) in [4.78, 5) is 137. The Bertz CT molecular complexity index is 2490. The molecule has 0 aliphatic carbocycles. The number of carbonyl (C=O) groups excluding carboxylic acids is 9. The van der Waals surface area contributed by atoms with Gasteiger partial charge in [0.15, 0.2) is 11.6 Å². The van der Waals surface area contributed by atoms with Crippen molar-refractivity contribution in [2.24, 2.45) is 23.7 Å². The fraction of sp³-hybridized carbons (Fsp3) is 0.548. The number of hydrogen-bond acceptors (Lipinski definition) is 14. The molecule has 0 saturated heterocycles. The Kier molecular flexibility index (Phi) is 26.0. The van der Waals surface area contributed by atoms with Crippen LogP contribution >= 0.6 is 11.8 Å². The number of thioether (sulfide) groups is 1. The molecule has 6 atom stereocenters. The predicted molar refractivity (Wildman–Crippen MR) is 306 cm³/mol. The van der Waals surface area contributed by atoms with E-state index in [1.54, 1.807) is 76.2 Å². The van der Waals surface area contributed by atoms with Crippen molar-refractivity contribution in [3.63, 3.8) is 0 Å². The van der Waals surface area contributed by atoms with Crippen molar-refractivity contribution in [2.45, 2.75) is 187 Å². The summed E-state index contributed by atoms with van der Waals surface area (Å²) < 4.78 is 15.6. The maximum atomic E-state index is 15.4. The summed E-state index contributed by atoms with van der Waals surface area (Å²) in [5.41, 5.74) is -0.343. The lowest BCUT2D eigenvalue weighted by atomic mass is 9.84. The molecule has 17 nitrogen and oxygen atoms in total. The number of carbonyl (C=O) groups is 10. The largest absolute Gasteiger partial charge is 0.480 e. The van der Waals surface area contributed by atoms with Crippen LogP contribution in [0.25, 0.3) is 0 Å². The van der Waals surface area contributed by atoms with E-state index in [4.69, 9.17) is 14.2 Å². The van der Waals surface area contributed by atoms with E-state index in [2.05, 4.69) is 16.0 Å². The minimum Gasteiger partial charge on any atom is -0.480 e. The number of carboxylic acid groups (broad SMARTS) is 1. The monoisotopic (exact) mass is 1130 g/mol. The molecule has 18 heteroatoms. The van der Waals surface area contributed by atoms with Crippen LogP contribution in [0.4, 0.5) is 0 Å². The second-order valence-corrected chi connectivity index (χ2v) is 25.1. The van der Waals surface area contributed by atoms with Gasteiger partial charge in [-0.2, -0.15) is 0 Å². The van der Waals surface area contributed by atoms with Crippen molar-refractivity contribution in [3.05, 3.63) is 108 Å². The second kappa shape index (κ2) is 30.8. The molecule has 0 aliphatic heterocycles. The van der Waals surface area contributed by atoms with Crippen LogP contribution in [0.5, 0.6) is 0 Å². The molecular formula is C62H85N3O14S. The molecule has 438 valence electrons. The van der Waals surface area contributed by atoms with Crippen molar-refractivity contribution in [2.75, 3.05) is 5.75 Å². The summed E-state index contributed by atoms with van der Waals surface area (Å²) in [6, 6.07) is 24.2. The van der Waals surface area contributed by atoms with Crippen LogP contribution in [0.1, 0.15) is 164 Å². The molecule has 0 aromatic heterocycles. The molecule has 3 rings (SSSR count). The third-order valence-electron chi connectivity index (χ3n) is 12.4. The SMILES string of the molecule is CC(=O)C[C@@H](C)C(=O)N[C@@H](CC(=O)OC(C)(C)C)C(=O)C[C@@H](CCC(=O)OC(C)(C)C)C(=O)N[C@@H](CSC(c1ccccc1)(c1ccccc1)c1ccccc1)C(=O)C[C@@H](CCC(=O)OC(C)(C)C)C(=O)N[C@@H](CC(C)C)C(=O)O. The summed E-state index contributed by atoms with van der Waals surface area (Å²) >= 11 is 1.32. The number of ether oxygens (including phenoxy) is 3. The number of benzene rings is 3. The van der Waals surface area contributed by atoms with E-state index in [1.165, 1.54) is 25.6 Å². The standard InChI is InChI=1S/C62H85N3O14S/c1-39(2)33-48(58(75)76)64-56(73)43(30-32-53(70)78-60(8,9)10)36-51(68)49(38-80-62(44-23-17-14-18-24-44,45-25-19-15-20-26-45)46-27-21-16-22-28-46)65-57(74)42(29-31-52(69)77-59(5,6)7)35-50(67)47(37-54(71)79-61(11,12)13)63-55(72)40(3)34-41(4)66/h14-28,39-40,42-43,47-49H,29-38H2,1-13H3,(H,63,72)(H,64,73)(H,65,74)(H,75,76)/t40-,42-,43-,47+,48+,49+/m1/s1. The molecular weight excluding hydrogens is 1040 g/mol. The molecule has 80 heavy (non-hydrogen) atoms. The van der Waals surface area contributed by atoms with Crippen molar-refractivity contribution in [1.29, 1.82) is 0 Å². The first kappa shape index (κ1) is 67.6. The molecule has 0 bridgehead atoms. The quantitative estimate of drug-likeness (QED) is 0.0266. The Labute approximate surface area is 476 Å². The minimum atomic E-state index is -1.55. The molecule has 0 radical (unpaired) electrons. The van der Waals surface area contributed by atoms with Crippen LogP contribution in [0.15, 0.2) is 91.0 Å². The second-order valence-electron chi connectivity index (χ2n) is 23.8. The summed E-state index contributed by atoms with van der Waals surface area (Å²) in [6.07, 6.45) is -3.22. The lowest BCUT2D eigenvalue weighted by Gasteiger charge is -2.37. The number of carboxylic acids is 1. The molecule has 3 aromatic carbocycles. The van der Waals surface area contributed by atoms with Crippen LogP contribution in [0, 0.1) is 23.7 Å². The number of hydrogen-bond donors (Lipinski definition) is 4. The smallest absolute Gasteiger partial charge is 0.326 e. The lowest BCUT2D eigenvalue weighted by Crippen LogP contribution is -2.50. The van der Waals surface area contributed by atoms with Crippen molar-refractivity contribution >= 4 is 70.7 Å². The maximum Gasteiger partial charge on any atom is 0.326 e. The van der Waals surface area contributed by atoms with Gasteiger partial charge in [0.05, 0.1) is 23.3 Å². The van der Waals surface area contributed by atoms with E-state index >= 15 is 9.59 Å². The fourth-order valence-electron chi connectivity index (χ4n) is 8.89. The van der Waals surface area contributed by atoms with Gasteiger partial charge in [-0.15, -0.1) is 11.8 Å². The van der Waals surface area contributed by atoms with E-state index in [0.717, 1.165) is 16.7 Å². The number of rotatable bonds is 31. The van der Waals surface area contributed by atoms with Crippen molar-refractivity contribution < 1.29 is 67.3 Å². The van der Waals surface area contributed by atoms with Gasteiger partial charge in [-0.3, -0.25) is 38.4 Å². The van der Waals surface area contributed by atoms with Gasteiger partial charge in [-0.1, -0.05) is 112 Å². The van der Waals surface area contributed by atoms with E-state index in [1.807, 2.05) is 91.0 Å². The zero-order chi connectivity index (χ0) is 60.2. The van der Waals surface area contributed by atoms with Crippen LogP contribution in [0.3, 0.4) is 0 Å². The van der Waals surface area contributed by atoms with Crippen LogP contribution in [0.2, 0.25) is 0 Å². The van der Waals surface area contributed by atoms with E-state index in [-0.39, 0.29) is 56.0 Å². The lowest BCUT2D eigenvalue weighted by molar-refractivity contribution is -0.157. The molecule has 0 aliphatic rings. The third-order valence-corrected chi connectivity index (χ3v) is 14.1. The Morgan fingerprint density at radius 1 is 0.487 bits per heavy atom. The number of esters is 3. The molecule has 0 unspecified atom stereocenters. The number of Topliss-reactive ketones (excluding diaryl/α,β-unsaturated/α-hetero) is 3. The van der Waals surface area contributed by atoms with E-state index in [0.29, 0.717) is 0 Å². The average molecular weight is 1130 g/mol. The van der Waals surface area contributed by atoms with Gasteiger partial charge in [0.1, 0.15) is 28.6 Å².